The zero-order valence-corrected chi connectivity index (χ0v) is 20.8. The van der Waals surface area contributed by atoms with Crippen molar-refractivity contribution in [3.8, 4) is 17.3 Å². The van der Waals surface area contributed by atoms with E-state index >= 15 is 0 Å². The van der Waals surface area contributed by atoms with E-state index in [-0.39, 0.29) is 23.4 Å². The van der Waals surface area contributed by atoms with Crippen molar-refractivity contribution < 1.29 is 14.1 Å². The third-order valence-electron chi connectivity index (χ3n) is 5.34. The highest BCUT2D eigenvalue weighted by Gasteiger charge is 2.20. The van der Waals surface area contributed by atoms with E-state index in [1.807, 2.05) is 18.2 Å². The van der Waals surface area contributed by atoms with Crippen molar-refractivity contribution in [2.75, 3.05) is 0 Å². The van der Waals surface area contributed by atoms with Gasteiger partial charge >= 0.3 is 5.69 Å². The second kappa shape index (κ2) is 9.38. The van der Waals surface area contributed by atoms with Gasteiger partial charge in [0.1, 0.15) is 5.58 Å². The summed E-state index contributed by atoms with van der Waals surface area (Å²) in [4.78, 5) is 29.2. The first-order valence-electron chi connectivity index (χ1n) is 11.0. The lowest BCUT2D eigenvalue weighted by molar-refractivity contribution is -0.386. The van der Waals surface area contributed by atoms with Crippen LogP contribution in [-0.4, -0.2) is 26.9 Å². The van der Waals surface area contributed by atoms with Crippen LogP contribution in [0.5, 0.6) is 5.75 Å². The molecule has 0 N–H and O–H groups in total. The molecule has 0 aliphatic heterocycles. The Morgan fingerprint density at radius 3 is 2.72 bits per heavy atom. The maximum atomic E-state index is 13.5. The van der Waals surface area contributed by atoms with E-state index in [0.29, 0.717) is 27.8 Å². The summed E-state index contributed by atoms with van der Waals surface area (Å²) in [5.41, 5.74) is 0.851. The molecule has 0 aliphatic rings. The molecule has 5 rings (SSSR count). The summed E-state index contributed by atoms with van der Waals surface area (Å²) in [6.07, 6.45) is 1.04. The number of nitro groups is 1. The highest BCUT2D eigenvalue weighted by atomic mass is 79.9. The van der Waals surface area contributed by atoms with Crippen LogP contribution in [0.25, 0.3) is 33.5 Å². The number of fused-ring (bicyclic) bond motifs is 2. The summed E-state index contributed by atoms with van der Waals surface area (Å²) in [5.74, 6) is 0.609. The van der Waals surface area contributed by atoms with Gasteiger partial charge < -0.3 is 9.15 Å². The lowest BCUT2D eigenvalue weighted by Gasteiger charge is -2.12. The lowest BCUT2D eigenvalue weighted by atomic mass is 10.2. The second-order valence-corrected chi connectivity index (χ2v) is 9.14. The van der Waals surface area contributed by atoms with E-state index in [4.69, 9.17) is 9.15 Å². The van der Waals surface area contributed by atoms with Gasteiger partial charge in [-0.25, -0.2) is 4.98 Å². The molecule has 0 unspecified atom stereocenters. The van der Waals surface area contributed by atoms with Crippen LogP contribution in [0.3, 0.4) is 0 Å². The Morgan fingerprint density at radius 1 is 1.14 bits per heavy atom. The van der Waals surface area contributed by atoms with Crippen molar-refractivity contribution in [3.05, 3.63) is 97.2 Å². The van der Waals surface area contributed by atoms with Gasteiger partial charge in [-0.3, -0.25) is 14.9 Å². The molecule has 180 valence electrons. The van der Waals surface area contributed by atoms with Crippen LogP contribution in [0.15, 0.2) is 85.5 Å². The quantitative estimate of drug-likeness (QED) is 0.143. The Balaban J connectivity index is 1.72. The first-order chi connectivity index (χ1) is 17.3. The number of nitro benzene ring substituents is 1. The minimum Gasteiger partial charge on any atom is -0.484 e. The van der Waals surface area contributed by atoms with E-state index < -0.39 is 10.5 Å². The number of hydrogen-bond donors (Lipinski definition) is 0. The Bertz CT molecular complexity index is 1720. The van der Waals surface area contributed by atoms with Crippen molar-refractivity contribution in [1.29, 1.82) is 0 Å². The number of furan rings is 1. The summed E-state index contributed by atoms with van der Waals surface area (Å²) in [6, 6.07) is 18.8. The zero-order valence-electron chi connectivity index (χ0n) is 19.2. The Morgan fingerprint density at radius 2 is 1.94 bits per heavy atom. The molecule has 2 aromatic heterocycles. The number of nitrogens with zero attached hydrogens (tertiary/aromatic N) is 4. The van der Waals surface area contributed by atoms with E-state index in [2.05, 4.69) is 26.0 Å². The molecule has 0 saturated heterocycles. The SMILES string of the molecule is CC(C)Oc1c(C=Nn2c(-c3cc4cc(Br)ccc4o3)nc3ccccc3c2=O)cccc1[N+](=O)[O-]. The first kappa shape index (κ1) is 23.4. The van der Waals surface area contributed by atoms with Crippen LogP contribution in [-0.2, 0) is 0 Å². The fourth-order valence-electron chi connectivity index (χ4n) is 3.79. The molecule has 0 spiro atoms. The summed E-state index contributed by atoms with van der Waals surface area (Å²) in [6.45, 7) is 3.54. The highest BCUT2D eigenvalue weighted by Crippen LogP contribution is 2.32. The van der Waals surface area contributed by atoms with Crippen LogP contribution >= 0.6 is 15.9 Å². The monoisotopic (exact) mass is 546 g/mol. The number of hydrogen-bond acceptors (Lipinski definition) is 7. The third kappa shape index (κ3) is 4.38. The molecule has 0 bridgehead atoms. The first-order valence-corrected chi connectivity index (χ1v) is 11.8. The minimum absolute atomic E-state index is 0.0678. The molecular weight excluding hydrogens is 528 g/mol. The Hall–Kier alpha value is -4.31. The van der Waals surface area contributed by atoms with Crippen LogP contribution < -0.4 is 10.3 Å². The van der Waals surface area contributed by atoms with Gasteiger partial charge in [0, 0.05) is 21.5 Å². The van der Waals surface area contributed by atoms with Gasteiger partial charge in [-0.2, -0.15) is 9.78 Å². The molecule has 10 heteroatoms. The van der Waals surface area contributed by atoms with E-state index in [1.165, 1.54) is 18.3 Å². The van der Waals surface area contributed by atoms with E-state index in [0.717, 1.165) is 14.5 Å². The molecule has 0 radical (unpaired) electrons. The molecule has 9 nitrogen and oxygen atoms in total. The maximum Gasteiger partial charge on any atom is 0.311 e. The molecule has 5 aromatic rings. The van der Waals surface area contributed by atoms with Gasteiger partial charge in [0.15, 0.2) is 5.76 Å². The largest absolute Gasteiger partial charge is 0.484 e. The molecule has 2 heterocycles. The van der Waals surface area contributed by atoms with Crippen molar-refractivity contribution in [1.82, 2.24) is 9.66 Å². The standard InChI is InChI=1S/C26H19BrN4O5/c1-15(2)35-24-16(6-5-9-21(24)31(33)34)14-28-30-25(29-20-8-4-3-7-19(20)26(30)32)23-13-17-12-18(27)10-11-22(17)36-23/h3-15H,1-2H3. The summed E-state index contributed by atoms with van der Waals surface area (Å²) in [5, 5.41) is 17.2. The number of benzene rings is 3. The van der Waals surface area contributed by atoms with Gasteiger partial charge in [-0.05, 0) is 56.3 Å². The number of aromatic nitrogens is 2. The highest BCUT2D eigenvalue weighted by molar-refractivity contribution is 9.10. The minimum atomic E-state index is -0.517. The van der Waals surface area contributed by atoms with Gasteiger partial charge in [0.25, 0.3) is 5.56 Å². The fraction of sp³-hybridized carbons (Fsp3) is 0.115. The van der Waals surface area contributed by atoms with Crippen LogP contribution in [0.1, 0.15) is 19.4 Å². The lowest BCUT2D eigenvalue weighted by Crippen LogP contribution is -2.20. The number of halogens is 1. The van der Waals surface area contributed by atoms with Crippen molar-refractivity contribution in [3.63, 3.8) is 0 Å². The smallest absolute Gasteiger partial charge is 0.311 e. The molecule has 0 atom stereocenters. The van der Waals surface area contributed by atoms with Gasteiger partial charge in [0.05, 0.1) is 28.1 Å². The van der Waals surface area contributed by atoms with Crippen LogP contribution in [0, 0.1) is 10.1 Å². The van der Waals surface area contributed by atoms with Gasteiger partial charge in [-0.15, -0.1) is 0 Å². The number of rotatable bonds is 6. The molecule has 36 heavy (non-hydrogen) atoms. The second-order valence-electron chi connectivity index (χ2n) is 8.23. The van der Waals surface area contributed by atoms with Crippen LogP contribution in [0.4, 0.5) is 5.69 Å². The fourth-order valence-corrected chi connectivity index (χ4v) is 4.17. The average Bonchev–Trinajstić information content (AvgIpc) is 3.26. The molecule has 0 fully saturated rings. The third-order valence-corrected chi connectivity index (χ3v) is 5.83. The Labute approximate surface area is 212 Å². The summed E-state index contributed by atoms with van der Waals surface area (Å²) >= 11 is 3.45. The molecule has 0 saturated carbocycles. The van der Waals surface area contributed by atoms with Gasteiger partial charge in [0.2, 0.25) is 11.6 Å². The van der Waals surface area contributed by atoms with Crippen LogP contribution in [0.2, 0.25) is 0 Å². The number of para-hydroxylation sites is 2. The maximum absolute atomic E-state index is 13.5. The molecule has 0 aliphatic carbocycles. The van der Waals surface area contributed by atoms with Crippen molar-refractivity contribution in [2.24, 2.45) is 5.10 Å². The molecule has 0 amide bonds. The normalized spacial score (nSPS) is 11.7. The molecule has 3 aromatic carbocycles. The molecular formula is C26H19BrN4O5. The van der Waals surface area contributed by atoms with E-state index in [9.17, 15) is 14.9 Å². The average molecular weight is 547 g/mol. The predicted molar refractivity (Wildman–Crippen MR) is 141 cm³/mol. The number of ether oxygens (including phenoxy) is 1. The summed E-state index contributed by atoms with van der Waals surface area (Å²) in [7, 11) is 0. The topological polar surface area (TPSA) is 113 Å². The van der Waals surface area contributed by atoms with E-state index in [1.54, 1.807) is 50.2 Å². The van der Waals surface area contributed by atoms with Crippen molar-refractivity contribution in [2.45, 2.75) is 20.0 Å². The predicted octanol–water partition coefficient (Wildman–Crippen LogP) is 6.15. The Kier molecular flexibility index (Phi) is 6.11. The van der Waals surface area contributed by atoms with Gasteiger partial charge in [-0.1, -0.05) is 34.1 Å². The zero-order chi connectivity index (χ0) is 25.4. The van der Waals surface area contributed by atoms with Crippen molar-refractivity contribution >= 4 is 49.7 Å². The summed E-state index contributed by atoms with van der Waals surface area (Å²) < 4.78 is 13.7.